The molecule has 2 aromatic carbocycles. The summed E-state index contributed by atoms with van der Waals surface area (Å²) in [6, 6.07) is 7.77. The van der Waals surface area contributed by atoms with Gasteiger partial charge in [-0.15, -0.1) is 0 Å². The lowest BCUT2D eigenvalue weighted by Gasteiger charge is -2.09. The summed E-state index contributed by atoms with van der Waals surface area (Å²) in [5, 5.41) is 10.5. The van der Waals surface area contributed by atoms with E-state index in [-0.39, 0.29) is 15.6 Å². The van der Waals surface area contributed by atoms with Crippen LogP contribution in [0.2, 0.25) is 5.02 Å². The van der Waals surface area contributed by atoms with Crippen molar-refractivity contribution in [2.45, 2.75) is 4.90 Å². The minimum Gasteiger partial charge on any atom is -0.306 e. The van der Waals surface area contributed by atoms with Crippen LogP contribution in [0.3, 0.4) is 0 Å². The molecule has 0 unspecified atom stereocenters. The molecule has 0 aliphatic rings. The predicted octanol–water partition coefficient (Wildman–Crippen LogP) is 2.22. The van der Waals surface area contributed by atoms with E-state index in [1.54, 1.807) is 0 Å². The highest BCUT2D eigenvalue weighted by molar-refractivity contribution is 7.92. The number of imidazole rings is 1. The van der Waals surface area contributed by atoms with E-state index in [0.29, 0.717) is 11.0 Å². The molecule has 3 aromatic rings. The monoisotopic (exact) mass is 368 g/mol. The Hall–Kier alpha value is -2.85. The Morgan fingerprint density at radius 3 is 2.54 bits per heavy atom. The zero-order chi connectivity index (χ0) is 17.5. The fourth-order valence-corrected chi connectivity index (χ4v) is 3.52. The number of sulfonamides is 1. The Balaban J connectivity index is 2.03. The standard InChI is InChI=1S/C13H9ClN4O5S/c14-12-9(2-1-3-11(12)18(20)21)17-24(22,23)7-4-5-8-10(6-7)16-13(19)15-8/h1-6,17H,(H2,15,16,19). The van der Waals surface area contributed by atoms with E-state index in [9.17, 15) is 23.3 Å². The quantitative estimate of drug-likeness (QED) is 0.478. The van der Waals surface area contributed by atoms with Gasteiger partial charge in [-0.05, 0) is 24.3 Å². The van der Waals surface area contributed by atoms with E-state index < -0.39 is 26.3 Å². The van der Waals surface area contributed by atoms with Crippen LogP contribution in [0.25, 0.3) is 11.0 Å². The number of benzene rings is 2. The van der Waals surface area contributed by atoms with Gasteiger partial charge < -0.3 is 9.97 Å². The Labute approximate surface area is 139 Å². The van der Waals surface area contributed by atoms with Gasteiger partial charge in [-0.2, -0.15) is 0 Å². The van der Waals surface area contributed by atoms with Gasteiger partial charge in [0.2, 0.25) is 0 Å². The van der Waals surface area contributed by atoms with Crippen LogP contribution in [0.1, 0.15) is 0 Å². The van der Waals surface area contributed by atoms with Crippen LogP contribution in [0.15, 0.2) is 46.1 Å². The largest absolute Gasteiger partial charge is 0.323 e. The van der Waals surface area contributed by atoms with Gasteiger partial charge in [0, 0.05) is 6.07 Å². The second kappa shape index (κ2) is 5.65. The molecular formula is C13H9ClN4O5S. The normalized spacial score (nSPS) is 11.5. The molecule has 0 radical (unpaired) electrons. The lowest BCUT2D eigenvalue weighted by molar-refractivity contribution is -0.384. The molecule has 0 atom stereocenters. The van der Waals surface area contributed by atoms with Crippen LogP contribution in [0.5, 0.6) is 0 Å². The van der Waals surface area contributed by atoms with Gasteiger partial charge in [-0.1, -0.05) is 17.7 Å². The predicted molar refractivity (Wildman–Crippen MR) is 87.8 cm³/mol. The first kappa shape index (κ1) is 16.0. The van der Waals surface area contributed by atoms with Crippen LogP contribution < -0.4 is 10.4 Å². The Kier molecular flexibility index (Phi) is 3.78. The molecule has 3 rings (SSSR count). The number of nitro benzene ring substituents is 1. The highest BCUT2D eigenvalue weighted by atomic mass is 35.5. The summed E-state index contributed by atoms with van der Waals surface area (Å²) >= 11 is 5.87. The number of aromatic nitrogens is 2. The number of aromatic amines is 2. The van der Waals surface area contributed by atoms with Crippen LogP contribution in [-0.4, -0.2) is 23.3 Å². The second-order valence-corrected chi connectivity index (χ2v) is 6.85. The molecule has 11 heteroatoms. The van der Waals surface area contributed by atoms with Gasteiger partial charge in [-0.25, -0.2) is 13.2 Å². The molecule has 0 saturated carbocycles. The van der Waals surface area contributed by atoms with Crippen molar-refractivity contribution in [2.75, 3.05) is 4.72 Å². The Morgan fingerprint density at radius 2 is 1.83 bits per heavy atom. The molecule has 1 heterocycles. The molecule has 1 aromatic heterocycles. The van der Waals surface area contributed by atoms with Crippen molar-refractivity contribution in [3.8, 4) is 0 Å². The summed E-state index contributed by atoms with van der Waals surface area (Å²) in [7, 11) is -4.05. The van der Waals surface area contributed by atoms with Gasteiger partial charge >= 0.3 is 5.69 Å². The summed E-state index contributed by atoms with van der Waals surface area (Å²) in [6.07, 6.45) is 0. The van der Waals surface area contributed by atoms with E-state index in [1.165, 1.54) is 30.3 Å². The average molecular weight is 369 g/mol. The maximum Gasteiger partial charge on any atom is 0.323 e. The molecule has 0 spiro atoms. The number of fused-ring (bicyclic) bond motifs is 1. The second-order valence-electron chi connectivity index (χ2n) is 4.79. The summed E-state index contributed by atoms with van der Waals surface area (Å²) in [4.78, 5) is 26.2. The number of hydrogen-bond donors (Lipinski definition) is 3. The van der Waals surface area contributed by atoms with Crippen molar-refractivity contribution in [2.24, 2.45) is 0 Å². The van der Waals surface area contributed by atoms with E-state index in [2.05, 4.69) is 14.7 Å². The van der Waals surface area contributed by atoms with Crippen molar-refractivity contribution in [1.29, 1.82) is 0 Å². The smallest absolute Gasteiger partial charge is 0.306 e. The number of halogens is 1. The fraction of sp³-hybridized carbons (Fsp3) is 0. The molecule has 0 saturated heterocycles. The van der Waals surface area contributed by atoms with Crippen molar-refractivity contribution in [1.82, 2.24) is 9.97 Å². The molecule has 9 nitrogen and oxygen atoms in total. The lowest BCUT2D eigenvalue weighted by Crippen LogP contribution is -2.13. The van der Waals surface area contributed by atoms with Crippen molar-refractivity contribution < 1.29 is 13.3 Å². The van der Waals surface area contributed by atoms with Crippen molar-refractivity contribution in [3.05, 3.63) is 62.0 Å². The molecule has 124 valence electrons. The number of nitrogens with zero attached hydrogens (tertiary/aromatic N) is 1. The number of hydrogen-bond acceptors (Lipinski definition) is 5. The first-order valence-electron chi connectivity index (χ1n) is 6.46. The third kappa shape index (κ3) is 2.84. The minimum absolute atomic E-state index is 0.117. The average Bonchev–Trinajstić information content (AvgIpc) is 2.88. The maximum atomic E-state index is 12.4. The SMILES string of the molecule is O=c1[nH]c2ccc(S(=O)(=O)Nc3cccc([N+](=O)[O-])c3Cl)cc2[nH]1. The minimum atomic E-state index is -4.05. The van der Waals surface area contributed by atoms with Crippen LogP contribution in [0.4, 0.5) is 11.4 Å². The van der Waals surface area contributed by atoms with E-state index in [0.717, 1.165) is 6.07 Å². The summed E-state index contributed by atoms with van der Waals surface area (Å²) in [6.45, 7) is 0. The molecule has 0 amide bonds. The van der Waals surface area contributed by atoms with Crippen LogP contribution >= 0.6 is 11.6 Å². The fourth-order valence-electron chi connectivity index (χ4n) is 2.12. The summed E-state index contributed by atoms with van der Waals surface area (Å²) < 4.78 is 27.1. The third-order valence-electron chi connectivity index (χ3n) is 3.22. The highest BCUT2D eigenvalue weighted by Crippen LogP contribution is 2.33. The van der Waals surface area contributed by atoms with Gasteiger partial charge in [0.05, 0.1) is 26.5 Å². The topological polar surface area (TPSA) is 138 Å². The zero-order valence-corrected chi connectivity index (χ0v) is 13.3. The van der Waals surface area contributed by atoms with Gasteiger partial charge in [0.1, 0.15) is 5.02 Å². The highest BCUT2D eigenvalue weighted by Gasteiger charge is 2.21. The molecule has 3 N–H and O–H groups in total. The van der Waals surface area contributed by atoms with Gasteiger partial charge in [-0.3, -0.25) is 14.8 Å². The molecule has 0 aliphatic carbocycles. The van der Waals surface area contributed by atoms with E-state index >= 15 is 0 Å². The summed E-state index contributed by atoms with van der Waals surface area (Å²) in [5.41, 5.74) is -0.231. The lowest BCUT2D eigenvalue weighted by atomic mass is 10.3. The number of rotatable bonds is 4. The number of nitro groups is 1. The Bertz CT molecular complexity index is 1120. The number of nitrogens with one attached hydrogen (secondary N) is 3. The molecule has 0 bridgehead atoms. The maximum absolute atomic E-state index is 12.4. The number of H-pyrrole nitrogens is 2. The Morgan fingerprint density at radius 1 is 1.12 bits per heavy atom. The number of anilines is 1. The first-order valence-corrected chi connectivity index (χ1v) is 8.32. The van der Waals surface area contributed by atoms with E-state index in [1.807, 2.05) is 0 Å². The van der Waals surface area contributed by atoms with Crippen molar-refractivity contribution in [3.63, 3.8) is 0 Å². The third-order valence-corrected chi connectivity index (χ3v) is 4.98. The van der Waals surface area contributed by atoms with Crippen LogP contribution in [0, 0.1) is 10.1 Å². The van der Waals surface area contributed by atoms with E-state index in [4.69, 9.17) is 11.6 Å². The van der Waals surface area contributed by atoms with Crippen LogP contribution in [-0.2, 0) is 10.0 Å². The van der Waals surface area contributed by atoms with Gasteiger partial charge in [0.15, 0.2) is 0 Å². The molecule has 0 aliphatic heterocycles. The zero-order valence-electron chi connectivity index (χ0n) is 11.7. The molecule has 0 fully saturated rings. The summed E-state index contributed by atoms with van der Waals surface area (Å²) in [5.74, 6) is 0. The van der Waals surface area contributed by atoms with Crippen molar-refractivity contribution >= 4 is 44.0 Å². The molecule has 24 heavy (non-hydrogen) atoms. The van der Waals surface area contributed by atoms with Gasteiger partial charge in [0.25, 0.3) is 15.7 Å². The molecular weight excluding hydrogens is 360 g/mol. The first-order chi connectivity index (χ1) is 11.3.